The maximum absolute atomic E-state index is 6.16. The highest BCUT2D eigenvalue weighted by atomic mass is 15.3. The fourth-order valence-electron chi connectivity index (χ4n) is 2.55. The van der Waals surface area contributed by atoms with Gasteiger partial charge in [-0.05, 0) is 16.7 Å². The highest BCUT2D eigenvalue weighted by Crippen LogP contribution is 2.31. The van der Waals surface area contributed by atoms with Crippen molar-refractivity contribution in [2.24, 2.45) is 5.92 Å². The van der Waals surface area contributed by atoms with Crippen LogP contribution in [0.1, 0.15) is 13.8 Å². The quantitative estimate of drug-likeness (QED) is 0.779. The lowest BCUT2D eigenvalue weighted by atomic mass is 10.0. The van der Waals surface area contributed by atoms with Crippen LogP contribution in [0.2, 0.25) is 0 Å². The Morgan fingerprint density at radius 2 is 1.85 bits per heavy atom. The molecular weight excluding hydrogens is 246 g/mol. The predicted octanol–water partition coefficient (Wildman–Crippen LogP) is 3.94. The largest absolute Gasteiger partial charge is 0.396 e. The first-order valence-corrected chi connectivity index (χ1v) is 6.96. The zero-order chi connectivity index (χ0) is 14.1. The van der Waals surface area contributed by atoms with E-state index in [0.29, 0.717) is 5.92 Å². The lowest BCUT2D eigenvalue weighted by Crippen LogP contribution is -2.04. The number of hydrogen-bond acceptors (Lipinski definition) is 2. The fourth-order valence-corrected chi connectivity index (χ4v) is 2.55. The van der Waals surface area contributed by atoms with Crippen molar-refractivity contribution in [2.75, 3.05) is 5.73 Å². The van der Waals surface area contributed by atoms with Crippen LogP contribution >= 0.6 is 0 Å². The van der Waals surface area contributed by atoms with E-state index in [4.69, 9.17) is 5.73 Å². The van der Waals surface area contributed by atoms with Crippen molar-refractivity contribution in [1.29, 1.82) is 0 Å². The van der Waals surface area contributed by atoms with Gasteiger partial charge in [0.25, 0.3) is 0 Å². The summed E-state index contributed by atoms with van der Waals surface area (Å²) in [6.07, 6.45) is 1.93. The first-order chi connectivity index (χ1) is 9.65. The Morgan fingerprint density at radius 1 is 1.10 bits per heavy atom. The molecule has 0 radical (unpaired) electrons. The lowest BCUT2D eigenvalue weighted by molar-refractivity contribution is 0.484. The van der Waals surface area contributed by atoms with Crippen LogP contribution in [0.15, 0.2) is 48.7 Å². The Hall–Kier alpha value is -2.29. The van der Waals surface area contributed by atoms with Crippen LogP contribution in [0.3, 0.4) is 0 Å². The maximum Gasteiger partial charge on any atom is 0.116 e. The highest BCUT2D eigenvalue weighted by Gasteiger charge is 2.11. The zero-order valence-electron chi connectivity index (χ0n) is 11.9. The Labute approximate surface area is 119 Å². The molecular formula is C17H19N3. The normalized spacial score (nSPS) is 11.3. The Bertz CT molecular complexity index is 736. The molecule has 0 spiro atoms. The molecule has 0 bridgehead atoms. The van der Waals surface area contributed by atoms with Gasteiger partial charge in [0.05, 0.1) is 5.69 Å². The summed E-state index contributed by atoms with van der Waals surface area (Å²) in [5, 5.41) is 7.06. The second-order valence-corrected chi connectivity index (χ2v) is 5.58. The molecule has 20 heavy (non-hydrogen) atoms. The van der Waals surface area contributed by atoms with Gasteiger partial charge in [-0.2, -0.15) is 5.10 Å². The van der Waals surface area contributed by atoms with Gasteiger partial charge in [-0.25, -0.2) is 0 Å². The van der Waals surface area contributed by atoms with Crippen LogP contribution < -0.4 is 5.73 Å². The third-order valence-corrected chi connectivity index (χ3v) is 3.39. The Morgan fingerprint density at radius 3 is 2.65 bits per heavy atom. The minimum absolute atomic E-state index is 0.551. The molecule has 2 N–H and O–H groups in total. The second kappa shape index (κ2) is 5.00. The number of anilines is 1. The molecule has 0 saturated heterocycles. The number of rotatable bonds is 3. The van der Waals surface area contributed by atoms with Crippen molar-refractivity contribution in [3.8, 4) is 11.3 Å². The Kier molecular flexibility index (Phi) is 3.18. The van der Waals surface area contributed by atoms with Gasteiger partial charge in [-0.3, -0.25) is 4.68 Å². The third kappa shape index (κ3) is 2.27. The van der Waals surface area contributed by atoms with Gasteiger partial charge in [0.1, 0.15) is 5.69 Å². The summed E-state index contributed by atoms with van der Waals surface area (Å²) < 4.78 is 1.94. The number of hydrogen-bond donors (Lipinski definition) is 1. The topological polar surface area (TPSA) is 43.8 Å². The predicted molar refractivity (Wildman–Crippen MR) is 84.4 cm³/mol. The molecule has 3 rings (SSSR count). The van der Waals surface area contributed by atoms with Gasteiger partial charge in [0, 0.05) is 18.3 Å². The smallest absolute Gasteiger partial charge is 0.116 e. The van der Waals surface area contributed by atoms with Crippen molar-refractivity contribution < 1.29 is 0 Å². The van der Waals surface area contributed by atoms with Crippen molar-refractivity contribution >= 4 is 16.5 Å². The summed E-state index contributed by atoms with van der Waals surface area (Å²) in [5.74, 6) is 0.551. The van der Waals surface area contributed by atoms with E-state index in [2.05, 4.69) is 49.3 Å². The van der Waals surface area contributed by atoms with Crippen LogP contribution in [-0.2, 0) is 6.54 Å². The monoisotopic (exact) mass is 265 g/mol. The van der Waals surface area contributed by atoms with E-state index in [1.54, 1.807) is 0 Å². The van der Waals surface area contributed by atoms with Gasteiger partial charge in [-0.15, -0.1) is 0 Å². The van der Waals surface area contributed by atoms with Gasteiger partial charge in [0.15, 0.2) is 0 Å². The molecule has 2 aromatic carbocycles. The lowest BCUT2D eigenvalue weighted by Gasteiger charge is -2.05. The van der Waals surface area contributed by atoms with E-state index in [9.17, 15) is 0 Å². The zero-order valence-corrected chi connectivity index (χ0v) is 11.9. The van der Waals surface area contributed by atoms with Crippen molar-refractivity contribution in [3.63, 3.8) is 0 Å². The SMILES string of the molecule is CC(C)Cn1cc(N)c(-c2cccc3ccccc23)n1. The summed E-state index contributed by atoms with van der Waals surface area (Å²) in [6, 6.07) is 14.6. The molecule has 3 nitrogen and oxygen atoms in total. The number of benzene rings is 2. The number of nitrogens with two attached hydrogens (primary N) is 1. The molecule has 3 aromatic rings. The van der Waals surface area contributed by atoms with E-state index < -0.39 is 0 Å². The number of aromatic nitrogens is 2. The van der Waals surface area contributed by atoms with E-state index in [1.807, 2.05) is 23.0 Å². The molecule has 1 heterocycles. The van der Waals surface area contributed by atoms with Crippen LogP contribution in [0, 0.1) is 5.92 Å². The first kappa shape index (κ1) is 12.7. The average Bonchev–Trinajstić information content (AvgIpc) is 2.78. The van der Waals surface area contributed by atoms with E-state index in [-0.39, 0.29) is 0 Å². The first-order valence-electron chi connectivity index (χ1n) is 6.96. The molecule has 0 fully saturated rings. The van der Waals surface area contributed by atoms with Crippen molar-refractivity contribution in [2.45, 2.75) is 20.4 Å². The third-order valence-electron chi connectivity index (χ3n) is 3.39. The summed E-state index contributed by atoms with van der Waals surface area (Å²) in [7, 11) is 0. The van der Waals surface area contributed by atoms with E-state index in [0.717, 1.165) is 23.5 Å². The number of fused-ring (bicyclic) bond motifs is 1. The van der Waals surface area contributed by atoms with Gasteiger partial charge in [-0.1, -0.05) is 56.3 Å². The van der Waals surface area contributed by atoms with Crippen LogP contribution in [0.25, 0.3) is 22.0 Å². The van der Waals surface area contributed by atoms with Gasteiger partial charge >= 0.3 is 0 Å². The molecule has 0 saturated carbocycles. The molecule has 1 aromatic heterocycles. The van der Waals surface area contributed by atoms with Crippen LogP contribution in [-0.4, -0.2) is 9.78 Å². The molecule has 0 amide bonds. The summed E-state index contributed by atoms with van der Waals surface area (Å²) in [4.78, 5) is 0. The van der Waals surface area contributed by atoms with E-state index >= 15 is 0 Å². The fraction of sp³-hybridized carbons (Fsp3) is 0.235. The summed E-state index contributed by atoms with van der Waals surface area (Å²) in [6.45, 7) is 5.24. The van der Waals surface area contributed by atoms with Crippen LogP contribution in [0.4, 0.5) is 5.69 Å². The Balaban J connectivity index is 2.13. The number of nitrogens with zero attached hydrogens (tertiary/aromatic N) is 2. The minimum atomic E-state index is 0.551. The minimum Gasteiger partial charge on any atom is -0.396 e. The molecule has 0 aliphatic rings. The van der Waals surface area contributed by atoms with Gasteiger partial charge in [0.2, 0.25) is 0 Å². The van der Waals surface area contributed by atoms with Gasteiger partial charge < -0.3 is 5.73 Å². The van der Waals surface area contributed by atoms with Crippen LogP contribution in [0.5, 0.6) is 0 Å². The maximum atomic E-state index is 6.16. The second-order valence-electron chi connectivity index (χ2n) is 5.58. The van der Waals surface area contributed by atoms with E-state index in [1.165, 1.54) is 10.8 Å². The van der Waals surface area contributed by atoms with Crippen molar-refractivity contribution in [3.05, 3.63) is 48.7 Å². The molecule has 102 valence electrons. The highest BCUT2D eigenvalue weighted by molar-refractivity contribution is 5.97. The van der Waals surface area contributed by atoms with Crippen molar-refractivity contribution in [1.82, 2.24) is 9.78 Å². The molecule has 0 aliphatic carbocycles. The summed E-state index contributed by atoms with van der Waals surface area (Å²) in [5.41, 5.74) is 8.87. The standard InChI is InChI=1S/C17H19N3/c1-12(2)10-20-11-16(18)17(19-20)15-9-5-7-13-6-3-4-8-14(13)15/h3-9,11-12H,10,18H2,1-2H3. The molecule has 0 atom stereocenters. The number of nitrogen functional groups attached to an aromatic ring is 1. The summed E-state index contributed by atoms with van der Waals surface area (Å²) >= 11 is 0. The molecule has 0 aliphatic heterocycles. The molecule has 0 unspecified atom stereocenters. The average molecular weight is 265 g/mol. The molecule has 3 heteroatoms.